The monoisotopic (exact) mass is 191 g/mol. The van der Waals surface area contributed by atoms with Crippen molar-refractivity contribution in [3.05, 3.63) is 0 Å². The van der Waals surface area contributed by atoms with Gasteiger partial charge >= 0.3 is 11.1 Å². The molecule has 0 saturated heterocycles. The van der Waals surface area contributed by atoms with Crippen LogP contribution < -0.4 is 11.1 Å². The van der Waals surface area contributed by atoms with Gasteiger partial charge in [0.15, 0.2) is 6.54 Å². The second-order valence-corrected chi connectivity index (χ2v) is 2.92. The molecule has 1 aliphatic rings. The summed E-state index contributed by atoms with van der Waals surface area (Å²) < 4.78 is 0. The van der Waals surface area contributed by atoms with Gasteiger partial charge in [-0.1, -0.05) is 0 Å². The molecule has 0 aliphatic carbocycles. The van der Waals surface area contributed by atoms with Crippen molar-refractivity contribution in [2.75, 3.05) is 26.2 Å². The molecule has 1 heterocycles. The van der Waals surface area contributed by atoms with Gasteiger partial charge in [-0.3, -0.25) is 5.21 Å². The Balaban J connectivity index is 2.18. The van der Waals surface area contributed by atoms with E-state index in [2.05, 4.69) is 5.32 Å². The lowest BCUT2D eigenvalue weighted by molar-refractivity contribution is -1.34. The molecule has 1 aliphatic heterocycles. The molecule has 13 heavy (non-hydrogen) atoms. The Labute approximate surface area is 76.5 Å². The van der Waals surface area contributed by atoms with E-state index in [0.717, 1.165) is 18.0 Å². The summed E-state index contributed by atoms with van der Waals surface area (Å²) in [7, 11) is 0. The Morgan fingerprint density at radius 3 is 2.69 bits per heavy atom. The zero-order valence-electron chi connectivity index (χ0n) is 7.72. The predicted octanol–water partition coefficient (Wildman–Crippen LogP) is -1.63. The van der Waals surface area contributed by atoms with Gasteiger partial charge < -0.3 is 11.1 Å². The van der Waals surface area contributed by atoms with Crippen molar-refractivity contribution in [2.45, 2.75) is 13.1 Å². The number of nitrogens with zero attached hydrogens (tertiary/aromatic N) is 3. The SMILES string of the molecule is CC1N(CCNCCN)[N+](O)=[N+]1O. The lowest BCUT2D eigenvalue weighted by Crippen LogP contribution is -2.61. The van der Waals surface area contributed by atoms with E-state index in [9.17, 15) is 0 Å². The summed E-state index contributed by atoms with van der Waals surface area (Å²) in [6, 6.07) is 0. The molecule has 0 amide bonds. The molecule has 1 atom stereocenters. The van der Waals surface area contributed by atoms with E-state index in [1.165, 1.54) is 0 Å². The van der Waals surface area contributed by atoms with Gasteiger partial charge in [-0.15, -0.1) is 0 Å². The third kappa shape index (κ3) is 1.99. The van der Waals surface area contributed by atoms with Crippen LogP contribution >= 0.6 is 0 Å². The highest BCUT2D eigenvalue weighted by Crippen LogP contribution is 2.08. The topological polar surface area (TPSA) is 87.8 Å². The van der Waals surface area contributed by atoms with Crippen LogP contribution in [0.25, 0.3) is 0 Å². The number of hydrazine groups is 1. The summed E-state index contributed by atoms with van der Waals surface area (Å²) in [5.41, 5.74) is 5.28. The minimum Gasteiger partial charge on any atom is -0.329 e. The van der Waals surface area contributed by atoms with Gasteiger partial charge in [0, 0.05) is 26.6 Å². The third-order valence-electron chi connectivity index (χ3n) is 2.02. The lowest BCUT2D eigenvalue weighted by Gasteiger charge is -2.15. The number of rotatable bonds is 5. The van der Waals surface area contributed by atoms with Crippen LogP contribution in [0.2, 0.25) is 0 Å². The molecule has 0 bridgehead atoms. The van der Waals surface area contributed by atoms with E-state index < -0.39 is 0 Å². The summed E-state index contributed by atoms with van der Waals surface area (Å²) >= 11 is 0. The fourth-order valence-electron chi connectivity index (χ4n) is 1.19. The highest BCUT2D eigenvalue weighted by Gasteiger charge is 2.55. The maximum atomic E-state index is 9.09. The standard InChI is InChI=1S/C6H17N5O2/c1-6-9(11(13)10(6)12)5-4-8-3-2-7/h6,8,12-13H,2-5,7H2,1H3/q+2. The molecular weight excluding hydrogens is 174 g/mol. The third-order valence-corrected chi connectivity index (χ3v) is 2.02. The normalized spacial score (nSPS) is 22.0. The maximum absolute atomic E-state index is 9.09. The first-order chi connectivity index (χ1) is 6.18. The number of hydrogen-bond donors (Lipinski definition) is 4. The van der Waals surface area contributed by atoms with E-state index in [-0.39, 0.29) is 6.17 Å². The van der Waals surface area contributed by atoms with Gasteiger partial charge in [-0.05, 0) is 0 Å². The van der Waals surface area contributed by atoms with Crippen LogP contribution in [-0.2, 0) is 0 Å². The Morgan fingerprint density at radius 2 is 2.15 bits per heavy atom. The molecule has 0 spiro atoms. The maximum Gasteiger partial charge on any atom is 0.394 e. The van der Waals surface area contributed by atoms with Gasteiger partial charge in [-0.2, -0.15) is 0 Å². The molecule has 1 rings (SSSR count). The summed E-state index contributed by atoms with van der Waals surface area (Å²) in [5.74, 6) is 0. The molecule has 7 nitrogen and oxygen atoms in total. The van der Waals surface area contributed by atoms with Crippen molar-refractivity contribution in [1.82, 2.24) is 10.3 Å². The van der Waals surface area contributed by atoms with Gasteiger partial charge in [-0.25, -0.2) is 5.21 Å². The van der Waals surface area contributed by atoms with Crippen LogP contribution in [0, 0.1) is 0 Å². The van der Waals surface area contributed by atoms with Gasteiger partial charge in [0.2, 0.25) is 4.86 Å². The van der Waals surface area contributed by atoms with Crippen molar-refractivity contribution < 1.29 is 20.2 Å². The van der Waals surface area contributed by atoms with Crippen molar-refractivity contribution in [2.24, 2.45) is 5.73 Å². The minimum atomic E-state index is -0.176. The van der Waals surface area contributed by atoms with Crippen LogP contribution in [0.1, 0.15) is 6.92 Å². The Bertz CT molecular complexity index is 207. The Kier molecular flexibility index (Phi) is 3.26. The van der Waals surface area contributed by atoms with Crippen LogP contribution in [0.4, 0.5) is 0 Å². The van der Waals surface area contributed by atoms with E-state index in [1.807, 2.05) is 0 Å². The van der Waals surface area contributed by atoms with E-state index in [0.29, 0.717) is 18.1 Å². The average Bonchev–Trinajstić information content (AvgIpc) is 2.16. The second-order valence-electron chi connectivity index (χ2n) is 2.92. The molecule has 1 unspecified atom stereocenters. The first-order valence-electron chi connectivity index (χ1n) is 4.33. The fraction of sp³-hybridized carbons (Fsp3) is 1.00. The molecule has 0 aromatic heterocycles. The van der Waals surface area contributed by atoms with Gasteiger partial charge in [0.25, 0.3) is 0 Å². The number of nitrogens with two attached hydrogens (primary N) is 1. The van der Waals surface area contributed by atoms with Crippen LogP contribution in [-0.4, -0.2) is 57.6 Å². The predicted molar refractivity (Wildman–Crippen MR) is 42.2 cm³/mol. The number of hydrogen-bond acceptors (Lipinski definition) is 3. The fourth-order valence-corrected chi connectivity index (χ4v) is 1.19. The van der Waals surface area contributed by atoms with Gasteiger partial charge in [0.1, 0.15) is 0 Å². The van der Waals surface area contributed by atoms with Gasteiger partial charge in [0.05, 0.1) is 5.01 Å². The number of hydroxylamine groups is 1. The van der Waals surface area contributed by atoms with Crippen molar-refractivity contribution in [3.63, 3.8) is 0 Å². The zero-order valence-corrected chi connectivity index (χ0v) is 7.72. The van der Waals surface area contributed by atoms with Crippen LogP contribution in [0.3, 0.4) is 0 Å². The molecule has 0 fully saturated rings. The summed E-state index contributed by atoms with van der Waals surface area (Å²) in [6.45, 7) is 4.51. The van der Waals surface area contributed by atoms with Crippen LogP contribution in [0.5, 0.6) is 0 Å². The zero-order chi connectivity index (χ0) is 9.84. The average molecular weight is 191 g/mol. The van der Waals surface area contributed by atoms with E-state index in [1.54, 1.807) is 11.9 Å². The molecule has 76 valence electrons. The Morgan fingerprint density at radius 1 is 1.46 bits per heavy atom. The number of nitrogens with one attached hydrogen (secondary N) is 1. The molecular formula is C6H17N5O2+2. The van der Waals surface area contributed by atoms with Crippen molar-refractivity contribution >= 4 is 0 Å². The van der Waals surface area contributed by atoms with Crippen LogP contribution in [0.15, 0.2) is 0 Å². The smallest absolute Gasteiger partial charge is 0.329 e. The first kappa shape index (κ1) is 10.0. The highest BCUT2D eigenvalue weighted by atomic mass is 16.7. The highest BCUT2D eigenvalue weighted by molar-refractivity contribution is 4.51. The molecule has 7 heteroatoms. The van der Waals surface area contributed by atoms with E-state index >= 15 is 0 Å². The van der Waals surface area contributed by atoms with Crippen molar-refractivity contribution in [1.29, 1.82) is 0 Å². The Hall–Kier alpha value is -1.08. The molecule has 0 aromatic rings. The first-order valence-corrected chi connectivity index (χ1v) is 4.33. The molecule has 5 N–H and O–H groups in total. The second kappa shape index (κ2) is 4.24. The molecule has 0 saturated carbocycles. The largest absolute Gasteiger partial charge is 0.394 e. The van der Waals surface area contributed by atoms with Crippen molar-refractivity contribution in [3.8, 4) is 0 Å². The molecule has 0 radical (unpaired) electrons. The minimum absolute atomic E-state index is 0.176. The summed E-state index contributed by atoms with van der Waals surface area (Å²) in [4.78, 5) is 1.44. The molecule has 0 aromatic carbocycles. The summed E-state index contributed by atoms with van der Waals surface area (Å²) in [6.07, 6.45) is -0.176. The lowest BCUT2D eigenvalue weighted by atomic mass is 10.4. The summed E-state index contributed by atoms with van der Waals surface area (Å²) in [5, 5.41) is 22.8. The van der Waals surface area contributed by atoms with E-state index in [4.69, 9.17) is 16.1 Å². The quantitative estimate of drug-likeness (QED) is 0.309.